The highest BCUT2D eigenvalue weighted by atomic mass is 19.4. The van der Waals surface area contributed by atoms with E-state index in [9.17, 15) is 26.7 Å². The number of methoxy groups -OCH3 is 1. The van der Waals surface area contributed by atoms with Crippen LogP contribution in [0.15, 0.2) is 72.9 Å². The Morgan fingerprint density at radius 2 is 1.73 bits per heavy atom. The summed E-state index contributed by atoms with van der Waals surface area (Å²) in [6, 6.07) is 14.6. The number of carbonyl (C=O) groups excluding carboxylic acids is 1. The van der Waals surface area contributed by atoms with E-state index in [0.29, 0.717) is 18.2 Å². The van der Waals surface area contributed by atoms with Crippen LogP contribution in [-0.2, 0) is 19.3 Å². The average molecular weight is 559 g/mol. The van der Waals surface area contributed by atoms with E-state index >= 15 is 0 Å². The summed E-state index contributed by atoms with van der Waals surface area (Å²) >= 11 is 0. The second-order valence-corrected chi connectivity index (χ2v) is 8.49. The molecule has 0 bridgehead atoms. The Morgan fingerprint density at radius 3 is 2.40 bits per heavy atom. The minimum Gasteiger partial charge on any atom is -0.497 e. The maximum absolute atomic E-state index is 14.9. The van der Waals surface area contributed by atoms with Crippen molar-refractivity contribution in [3.05, 3.63) is 107 Å². The van der Waals surface area contributed by atoms with E-state index in [1.54, 1.807) is 7.11 Å². The minimum absolute atomic E-state index is 0.123. The number of amides is 1. The molecule has 0 saturated carbocycles. The molecule has 0 atom stereocenters. The van der Waals surface area contributed by atoms with Crippen LogP contribution >= 0.6 is 0 Å². The highest BCUT2D eigenvalue weighted by molar-refractivity contribution is 6.04. The third-order valence-electron chi connectivity index (χ3n) is 5.79. The van der Waals surface area contributed by atoms with Crippen LogP contribution in [0.3, 0.4) is 0 Å². The molecule has 12 heteroatoms. The number of hydrogen-bond donors (Lipinski definition) is 3. The number of nitrogens with zero attached hydrogens (tertiary/aromatic N) is 1. The van der Waals surface area contributed by atoms with Gasteiger partial charge in [-0.1, -0.05) is 18.2 Å². The van der Waals surface area contributed by atoms with Gasteiger partial charge in [0, 0.05) is 31.0 Å². The molecule has 0 aliphatic heterocycles. The van der Waals surface area contributed by atoms with Crippen molar-refractivity contribution in [2.45, 2.75) is 19.3 Å². The lowest BCUT2D eigenvalue weighted by molar-refractivity contribution is -0.140. The van der Waals surface area contributed by atoms with Crippen molar-refractivity contribution in [2.75, 3.05) is 18.2 Å². The first-order valence-electron chi connectivity index (χ1n) is 11.8. The summed E-state index contributed by atoms with van der Waals surface area (Å²) in [5.41, 5.74) is 4.95. The Balaban J connectivity index is 1.45. The Labute approximate surface area is 225 Å². The van der Waals surface area contributed by atoms with E-state index < -0.39 is 34.8 Å². The number of nitrogens with two attached hydrogens (primary N) is 1. The van der Waals surface area contributed by atoms with Crippen molar-refractivity contribution in [1.29, 1.82) is 0 Å². The highest BCUT2D eigenvalue weighted by Crippen LogP contribution is 2.33. The van der Waals surface area contributed by atoms with Gasteiger partial charge in [-0.3, -0.25) is 4.79 Å². The Hall–Kier alpha value is -4.71. The quantitative estimate of drug-likeness (QED) is 0.209. The summed E-state index contributed by atoms with van der Waals surface area (Å²) in [4.78, 5) is 16.5. The molecule has 0 fully saturated rings. The summed E-state index contributed by atoms with van der Waals surface area (Å²) in [5, 5.41) is 5.41. The van der Waals surface area contributed by atoms with Gasteiger partial charge in [0.1, 0.15) is 23.1 Å². The lowest BCUT2D eigenvalue weighted by Crippen LogP contribution is -2.17. The molecule has 4 N–H and O–H groups in total. The fourth-order valence-electron chi connectivity index (χ4n) is 3.74. The molecular weight excluding hydrogens is 535 g/mol. The summed E-state index contributed by atoms with van der Waals surface area (Å²) in [7, 11) is 1.58. The number of hydrogen-bond acceptors (Lipinski definition) is 6. The van der Waals surface area contributed by atoms with E-state index in [1.807, 2.05) is 24.3 Å². The standard InChI is InChI=1S/C28H23F5N4O3/c1-39-18-8-5-16(6-9-18)14-35-15-20-23(11-12-36-26(20)34)40-24-10-7-17(13-22(24)29)37-27(38)19-3-2-4-21(25(19)30)28(31,32)33/h2-13,35H,14-15H2,1H3,(H2,34,36)(H,37,38). The first kappa shape index (κ1) is 28.3. The molecule has 7 nitrogen and oxygen atoms in total. The maximum atomic E-state index is 14.9. The van der Waals surface area contributed by atoms with Crippen LogP contribution in [0, 0.1) is 11.6 Å². The number of nitrogen functional groups attached to an aromatic ring is 1. The molecule has 4 aromatic rings. The van der Waals surface area contributed by atoms with E-state index in [0.717, 1.165) is 29.5 Å². The van der Waals surface area contributed by atoms with Crippen LogP contribution in [-0.4, -0.2) is 18.0 Å². The fourth-order valence-corrected chi connectivity index (χ4v) is 3.74. The lowest BCUT2D eigenvalue weighted by atomic mass is 10.1. The van der Waals surface area contributed by atoms with Crippen LogP contribution < -0.4 is 25.8 Å². The van der Waals surface area contributed by atoms with Crippen molar-refractivity contribution in [2.24, 2.45) is 0 Å². The van der Waals surface area contributed by atoms with Gasteiger partial charge in [0.2, 0.25) is 0 Å². The fraction of sp³-hybridized carbons (Fsp3) is 0.143. The number of rotatable bonds is 9. The molecule has 0 saturated heterocycles. The van der Waals surface area contributed by atoms with Crippen LogP contribution in [0.2, 0.25) is 0 Å². The number of carbonyl (C=O) groups is 1. The molecule has 4 rings (SSSR count). The van der Waals surface area contributed by atoms with Gasteiger partial charge in [0.25, 0.3) is 5.91 Å². The van der Waals surface area contributed by atoms with Crippen molar-refractivity contribution in [3.63, 3.8) is 0 Å². The minimum atomic E-state index is -4.98. The van der Waals surface area contributed by atoms with Gasteiger partial charge in [0.05, 0.1) is 23.8 Å². The monoisotopic (exact) mass is 558 g/mol. The van der Waals surface area contributed by atoms with E-state index in [-0.39, 0.29) is 29.5 Å². The molecular formula is C28H23F5N4O3. The van der Waals surface area contributed by atoms with Crippen LogP contribution in [0.5, 0.6) is 17.2 Å². The number of benzene rings is 3. The Kier molecular flexibility index (Phi) is 8.49. The second kappa shape index (κ2) is 12.0. The first-order chi connectivity index (χ1) is 19.1. The SMILES string of the molecule is COc1ccc(CNCc2c(Oc3ccc(NC(=O)c4cccc(C(F)(F)F)c4F)cc3F)ccnc2N)cc1. The zero-order valence-electron chi connectivity index (χ0n) is 21.0. The van der Waals surface area contributed by atoms with Gasteiger partial charge in [-0.15, -0.1) is 0 Å². The number of alkyl halides is 3. The topological polar surface area (TPSA) is 98.5 Å². The summed E-state index contributed by atoms with van der Waals surface area (Å²) < 4.78 is 78.9. The van der Waals surface area contributed by atoms with Crippen molar-refractivity contribution in [3.8, 4) is 17.2 Å². The van der Waals surface area contributed by atoms with Crippen LogP contribution in [0.4, 0.5) is 33.5 Å². The molecule has 0 aliphatic rings. The summed E-state index contributed by atoms with van der Waals surface area (Å²) in [5.74, 6) is -2.88. The predicted molar refractivity (Wildman–Crippen MR) is 138 cm³/mol. The molecule has 0 unspecified atom stereocenters. The number of halogens is 5. The molecule has 40 heavy (non-hydrogen) atoms. The smallest absolute Gasteiger partial charge is 0.419 e. The highest BCUT2D eigenvalue weighted by Gasteiger charge is 2.35. The molecule has 3 aromatic carbocycles. The number of aromatic nitrogens is 1. The van der Waals surface area contributed by atoms with Gasteiger partial charge in [0.15, 0.2) is 11.6 Å². The van der Waals surface area contributed by atoms with Gasteiger partial charge in [-0.2, -0.15) is 13.2 Å². The Bertz CT molecular complexity index is 1510. The molecule has 0 aliphatic carbocycles. The predicted octanol–water partition coefficient (Wildman–Crippen LogP) is 6.30. The number of anilines is 2. The van der Waals surface area contributed by atoms with Crippen LogP contribution in [0.25, 0.3) is 0 Å². The number of pyridine rings is 1. The molecule has 0 spiro atoms. The van der Waals surface area contributed by atoms with Crippen molar-refractivity contribution < 1.29 is 36.2 Å². The summed E-state index contributed by atoms with van der Waals surface area (Å²) in [6.45, 7) is 0.742. The zero-order chi connectivity index (χ0) is 28.9. The van der Waals surface area contributed by atoms with E-state index in [4.69, 9.17) is 15.2 Å². The summed E-state index contributed by atoms with van der Waals surface area (Å²) in [6.07, 6.45) is -3.58. The van der Waals surface area contributed by atoms with E-state index in [2.05, 4.69) is 15.6 Å². The largest absolute Gasteiger partial charge is 0.497 e. The molecule has 1 heterocycles. The van der Waals surface area contributed by atoms with Crippen molar-refractivity contribution >= 4 is 17.4 Å². The van der Waals surface area contributed by atoms with Gasteiger partial charge < -0.3 is 25.8 Å². The lowest BCUT2D eigenvalue weighted by Gasteiger charge is -2.15. The van der Waals surface area contributed by atoms with Gasteiger partial charge >= 0.3 is 6.18 Å². The average Bonchev–Trinajstić information content (AvgIpc) is 2.91. The Morgan fingerprint density at radius 1 is 0.975 bits per heavy atom. The van der Waals surface area contributed by atoms with E-state index in [1.165, 1.54) is 24.4 Å². The maximum Gasteiger partial charge on any atom is 0.419 e. The third-order valence-corrected chi connectivity index (χ3v) is 5.79. The third kappa shape index (κ3) is 6.64. The number of ether oxygens (including phenoxy) is 2. The van der Waals surface area contributed by atoms with Gasteiger partial charge in [-0.25, -0.2) is 13.8 Å². The number of nitrogens with one attached hydrogen (secondary N) is 2. The van der Waals surface area contributed by atoms with Crippen LogP contribution in [0.1, 0.15) is 27.0 Å². The molecule has 208 valence electrons. The molecule has 1 aromatic heterocycles. The normalized spacial score (nSPS) is 11.2. The zero-order valence-corrected chi connectivity index (χ0v) is 21.0. The molecule has 0 radical (unpaired) electrons. The second-order valence-electron chi connectivity index (χ2n) is 8.49. The first-order valence-corrected chi connectivity index (χ1v) is 11.8. The van der Waals surface area contributed by atoms with Gasteiger partial charge in [-0.05, 0) is 48.0 Å². The van der Waals surface area contributed by atoms with Crippen molar-refractivity contribution in [1.82, 2.24) is 10.3 Å². The molecule has 1 amide bonds.